The number of ether oxygens (including phenoxy) is 2. The molecule has 27 heavy (non-hydrogen) atoms. The third-order valence-corrected chi connectivity index (χ3v) is 4.43. The van der Waals surface area contributed by atoms with Crippen molar-refractivity contribution in [2.24, 2.45) is 0 Å². The number of aryl methyl sites for hydroxylation is 1. The van der Waals surface area contributed by atoms with Crippen molar-refractivity contribution < 1.29 is 18.7 Å². The molecule has 4 rings (SSSR count). The fourth-order valence-electron chi connectivity index (χ4n) is 3.03. The third kappa shape index (κ3) is 2.99. The maximum Gasteiger partial charge on any atom is 0.414 e. The van der Waals surface area contributed by atoms with Gasteiger partial charge in [0.15, 0.2) is 0 Å². The molecule has 138 valence electrons. The van der Waals surface area contributed by atoms with E-state index in [0.29, 0.717) is 52.6 Å². The van der Waals surface area contributed by atoms with E-state index in [1.807, 2.05) is 0 Å². The molecule has 1 aromatic heterocycles. The Morgan fingerprint density at radius 1 is 1.30 bits per heavy atom. The van der Waals surface area contributed by atoms with E-state index in [1.165, 1.54) is 18.3 Å². The first-order valence-corrected chi connectivity index (χ1v) is 8.37. The molecule has 2 aromatic carbocycles. The topological polar surface area (TPSA) is 76.6 Å². The highest BCUT2D eigenvalue weighted by Crippen LogP contribution is 2.36. The number of aromatic nitrogens is 2. The Morgan fingerprint density at radius 3 is 2.89 bits per heavy atom. The number of nitrogens with zero attached hydrogens (tertiary/aromatic N) is 3. The van der Waals surface area contributed by atoms with Crippen LogP contribution in [-0.2, 0) is 4.74 Å². The van der Waals surface area contributed by atoms with Gasteiger partial charge >= 0.3 is 6.09 Å². The van der Waals surface area contributed by atoms with E-state index in [9.17, 15) is 9.18 Å². The average Bonchev–Trinajstić information content (AvgIpc) is 3.10. The zero-order valence-electron chi connectivity index (χ0n) is 14.8. The maximum atomic E-state index is 14.4. The molecular weight excluding hydrogens is 351 g/mol. The van der Waals surface area contributed by atoms with Gasteiger partial charge in [-0.25, -0.2) is 19.2 Å². The summed E-state index contributed by atoms with van der Waals surface area (Å²) in [5, 5.41) is 3.65. The summed E-state index contributed by atoms with van der Waals surface area (Å²) in [6.07, 6.45) is 0.949. The van der Waals surface area contributed by atoms with E-state index in [2.05, 4.69) is 15.3 Å². The van der Waals surface area contributed by atoms with Crippen LogP contribution in [0.25, 0.3) is 10.9 Å². The number of amides is 1. The molecule has 1 fully saturated rings. The monoisotopic (exact) mass is 368 g/mol. The molecule has 7 nitrogen and oxygen atoms in total. The van der Waals surface area contributed by atoms with E-state index < -0.39 is 6.09 Å². The van der Waals surface area contributed by atoms with Gasteiger partial charge < -0.3 is 14.8 Å². The number of cyclic esters (lactones) is 1. The van der Waals surface area contributed by atoms with E-state index in [1.54, 1.807) is 37.3 Å². The normalized spacial score (nSPS) is 13.7. The van der Waals surface area contributed by atoms with Gasteiger partial charge in [0.05, 0.1) is 30.5 Å². The Labute approximate surface area is 154 Å². The van der Waals surface area contributed by atoms with E-state index in [-0.39, 0.29) is 5.82 Å². The molecule has 1 aliphatic rings. The van der Waals surface area contributed by atoms with Gasteiger partial charge in [-0.3, -0.25) is 4.90 Å². The summed E-state index contributed by atoms with van der Waals surface area (Å²) in [7, 11) is 1.52. The highest BCUT2D eigenvalue weighted by Gasteiger charge is 2.27. The molecule has 0 bridgehead atoms. The Bertz CT molecular complexity index is 1040. The molecule has 0 aliphatic carbocycles. The van der Waals surface area contributed by atoms with Crippen molar-refractivity contribution in [3.05, 3.63) is 48.0 Å². The van der Waals surface area contributed by atoms with Gasteiger partial charge in [-0.2, -0.15) is 0 Å². The molecule has 0 radical (unpaired) electrons. The van der Waals surface area contributed by atoms with Crippen LogP contribution in [0.3, 0.4) is 0 Å². The van der Waals surface area contributed by atoms with Crippen molar-refractivity contribution in [1.29, 1.82) is 0 Å². The Kier molecular flexibility index (Phi) is 4.23. The minimum absolute atomic E-state index is 0.310. The van der Waals surface area contributed by atoms with Crippen molar-refractivity contribution >= 4 is 34.2 Å². The van der Waals surface area contributed by atoms with Crippen molar-refractivity contribution in [2.45, 2.75) is 6.92 Å². The number of halogens is 1. The minimum Gasteiger partial charge on any atom is -0.494 e. The van der Waals surface area contributed by atoms with Crippen LogP contribution in [0.1, 0.15) is 5.56 Å². The summed E-state index contributed by atoms with van der Waals surface area (Å²) in [4.78, 5) is 22.0. The second kappa shape index (κ2) is 6.71. The third-order valence-electron chi connectivity index (χ3n) is 4.43. The highest BCUT2D eigenvalue weighted by molar-refractivity contribution is 5.99. The van der Waals surface area contributed by atoms with Gasteiger partial charge in [0, 0.05) is 11.5 Å². The van der Waals surface area contributed by atoms with Gasteiger partial charge in [-0.05, 0) is 24.6 Å². The Balaban J connectivity index is 1.84. The van der Waals surface area contributed by atoms with Crippen LogP contribution < -0.4 is 15.0 Å². The van der Waals surface area contributed by atoms with Gasteiger partial charge in [0.25, 0.3) is 0 Å². The fraction of sp³-hybridized carbons (Fsp3) is 0.211. The number of rotatable bonds is 4. The Hall–Kier alpha value is -3.42. The lowest BCUT2D eigenvalue weighted by Gasteiger charge is -2.18. The van der Waals surface area contributed by atoms with Gasteiger partial charge in [-0.15, -0.1) is 0 Å². The number of benzene rings is 2. The number of carbonyl (C=O) groups is 1. The van der Waals surface area contributed by atoms with Crippen LogP contribution >= 0.6 is 0 Å². The molecular formula is C19H17FN4O3. The number of methoxy groups -OCH3 is 1. The Morgan fingerprint density at radius 2 is 2.15 bits per heavy atom. The van der Waals surface area contributed by atoms with Crippen LogP contribution in [0, 0.1) is 12.7 Å². The quantitative estimate of drug-likeness (QED) is 0.755. The van der Waals surface area contributed by atoms with Crippen molar-refractivity contribution in [2.75, 3.05) is 30.5 Å². The molecule has 0 atom stereocenters. The molecule has 1 saturated heterocycles. The molecule has 1 amide bonds. The molecule has 0 saturated carbocycles. The minimum atomic E-state index is -0.441. The molecule has 1 aliphatic heterocycles. The predicted molar refractivity (Wildman–Crippen MR) is 99.2 cm³/mol. The van der Waals surface area contributed by atoms with E-state index in [4.69, 9.17) is 9.47 Å². The van der Waals surface area contributed by atoms with Gasteiger partial charge in [0.1, 0.15) is 30.3 Å². The first-order chi connectivity index (χ1) is 13.1. The number of hydrogen-bond acceptors (Lipinski definition) is 6. The summed E-state index contributed by atoms with van der Waals surface area (Å²) in [6, 6.07) is 8.56. The van der Waals surface area contributed by atoms with Gasteiger partial charge in [0.2, 0.25) is 0 Å². The van der Waals surface area contributed by atoms with Crippen LogP contribution in [0.5, 0.6) is 5.75 Å². The second-order valence-corrected chi connectivity index (χ2v) is 6.09. The largest absolute Gasteiger partial charge is 0.494 e. The number of nitrogens with one attached hydrogen (secondary N) is 1. The smallest absolute Gasteiger partial charge is 0.414 e. The van der Waals surface area contributed by atoms with Gasteiger partial charge in [-0.1, -0.05) is 12.1 Å². The molecule has 0 unspecified atom stereocenters. The number of hydrogen-bond donors (Lipinski definition) is 1. The molecule has 8 heteroatoms. The van der Waals surface area contributed by atoms with E-state index >= 15 is 0 Å². The zero-order valence-corrected chi connectivity index (χ0v) is 14.8. The number of fused-ring (bicyclic) bond motifs is 1. The van der Waals surface area contributed by atoms with Crippen LogP contribution in [-0.4, -0.2) is 36.3 Å². The molecule has 1 N–H and O–H groups in total. The fourth-order valence-corrected chi connectivity index (χ4v) is 3.03. The molecule has 0 spiro atoms. The second-order valence-electron chi connectivity index (χ2n) is 6.09. The summed E-state index contributed by atoms with van der Waals surface area (Å²) in [5.41, 5.74) is 2.00. The van der Waals surface area contributed by atoms with Crippen molar-refractivity contribution in [3.8, 4) is 5.75 Å². The summed E-state index contributed by atoms with van der Waals surface area (Å²) < 4.78 is 24.8. The van der Waals surface area contributed by atoms with Crippen LogP contribution in [0.2, 0.25) is 0 Å². The number of anilines is 3. The predicted octanol–water partition coefficient (Wildman–Crippen LogP) is 3.79. The lowest BCUT2D eigenvalue weighted by atomic mass is 10.1. The highest BCUT2D eigenvalue weighted by atomic mass is 19.1. The maximum absolute atomic E-state index is 14.4. The lowest BCUT2D eigenvalue weighted by molar-refractivity contribution is 0.181. The summed E-state index contributed by atoms with van der Waals surface area (Å²) in [5.74, 6) is 0.579. The van der Waals surface area contributed by atoms with E-state index in [0.717, 1.165) is 0 Å². The molecule has 2 heterocycles. The molecule has 3 aromatic rings. The summed E-state index contributed by atoms with van der Waals surface area (Å²) in [6.45, 7) is 2.43. The SMILES string of the molecule is COc1cc2ncnc(Nc3cccc(C)c3F)c2cc1N1CCOC1=O. The van der Waals surface area contributed by atoms with Crippen LogP contribution in [0.15, 0.2) is 36.7 Å². The van der Waals surface area contributed by atoms with Crippen molar-refractivity contribution in [1.82, 2.24) is 9.97 Å². The summed E-state index contributed by atoms with van der Waals surface area (Å²) >= 11 is 0. The lowest BCUT2D eigenvalue weighted by Crippen LogP contribution is -2.23. The first-order valence-electron chi connectivity index (χ1n) is 8.37. The first kappa shape index (κ1) is 17.0. The average molecular weight is 368 g/mol. The zero-order chi connectivity index (χ0) is 19.0. The van der Waals surface area contributed by atoms with Crippen LogP contribution in [0.4, 0.5) is 26.4 Å². The standard InChI is InChI=1S/C19H17FN4O3/c1-11-4-3-5-13(17(11)20)23-18-12-8-15(24-6-7-27-19(24)25)16(26-2)9-14(12)21-10-22-18/h3-5,8-10H,6-7H2,1-2H3,(H,21,22,23). The number of carbonyl (C=O) groups excluding carboxylic acids is 1. The van der Waals surface area contributed by atoms with Crippen molar-refractivity contribution in [3.63, 3.8) is 0 Å².